The summed E-state index contributed by atoms with van der Waals surface area (Å²) >= 11 is 0. The highest BCUT2D eigenvalue weighted by Crippen LogP contribution is 2.26. The number of hydrogen-bond donors (Lipinski definition) is 0. The average molecular weight is 377 g/mol. The summed E-state index contributed by atoms with van der Waals surface area (Å²) in [6.45, 7) is 2.48. The van der Waals surface area contributed by atoms with Gasteiger partial charge in [-0.15, -0.1) is 0 Å². The molecule has 1 aromatic rings. The Hall–Kier alpha value is -2.24. The highest BCUT2D eigenvalue weighted by molar-refractivity contribution is 5.80. The normalized spacial score (nSPS) is 19.2. The van der Waals surface area contributed by atoms with E-state index in [1.165, 1.54) is 0 Å². The Bertz CT molecular complexity index is 593. The van der Waals surface area contributed by atoms with E-state index in [9.17, 15) is 9.59 Å². The van der Waals surface area contributed by atoms with Gasteiger partial charge >= 0.3 is 5.97 Å². The number of hydrogen-bond acceptors (Lipinski definition) is 5. The van der Waals surface area contributed by atoms with Gasteiger partial charge in [-0.3, -0.25) is 9.59 Å². The van der Waals surface area contributed by atoms with Crippen LogP contribution in [-0.4, -0.2) is 50.2 Å². The predicted octanol–water partition coefficient (Wildman–Crippen LogP) is 3.43. The Morgan fingerprint density at radius 1 is 1.07 bits per heavy atom. The lowest BCUT2D eigenvalue weighted by atomic mass is 9.87. The van der Waals surface area contributed by atoms with Gasteiger partial charge in [-0.1, -0.05) is 6.92 Å². The highest BCUT2D eigenvalue weighted by Gasteiger charge is 2.25. The zero-order chi connectivity index (χ0) is 19.6. The molecule has 1 fully saturated rings. The van der Waals surface area contributed by atoms with E-state index in [2.05, 4.69) is 6.92 Å². The van der Waals surface area contributed by atoms with Crippen molar-refractivity contribution in [3.8, 4) is 11.5 Å². The molecule has 150 valence electrons. The summed E-state index contributed by atoms with van der Waals surface area (Å²) in [4.78, 5) is 25.8. The van der Waals surface area contributed by atoms with Crippen molar-refractivity contribution in [2.45, 2.75) is 51.5 Å². The number of methoxy groups -OCH3 is 1. The standard InChI is InChI=1S/C21H31NO5/c1-16-6-8-17(9-7-16)22(2)20(23)15-27-21(24)5-4-14-26-19-12-10-18(25-3)11-13-19/h10-13,16-17H,4-9,14-15H2,1-3H3. The van der Waals surface area contributed by atoms with Crippen LogP contribution in [0.4, 0.5) is 0 Å². The lowest BCUT2D eigenvalue weighted by molar-refractivity contribution is -0.152. The molecule has 1 amide bonds. The van der Waals surface area contributed by atoms with Crippen molar-refractivity contribution in [1.29, 1.82) is 0 Å². The van der Waals surface area contributed by atoms with Gasteiger partial charge in [0.15, 0.2) is 6.61 Å². The van der Waals surface area contributed by atoms with Crippen LogP contribution in [0.3, 0.4) is 0 Å². The number of benzene rings is 1. The molecule has 0 aliphatic heterocycles. The van der Waals surface area contributed by atoms with Gasteiger partial charge in [-0.25, -0.2) is 0 Å². The Kier molecular flexibility index (Phi) is 8.43. The third-order valence-corrected chi connectivity index (χ3v) is 5.14. The lowest BCUT2D eigenvalue weighted by Crippen LogP contribution is -2.41. The van der Waals surface area contributed by atoms with Crippen LogP contribution in [-0.2, 0) is 14.3 Å². The average Bonchev–Trinajstić information content (AvgIpc) is 2.70. The molecule has 0 bridgehead atoms. The molecule has 0 atom stereocenters. The first-order valence-electron chi connectivity index (χ1n) is 9.67. The van der Waals surface area contributed by atoms with E-state index in [1.54, 1.807) is 19.1 Å². The molecule has 0 radical (unpaired) electrons. The zero-order valence-electron chi connectivity index (χ0n) is 16.6. The first-order valence-corrected chi connectivity index (χ1v) is 9.67. The quantitative estimate of drug-likeness (QED) is 0.487. The number of nitrogens with zero attached hydrogens (tertiary/aromatic N) is 1. The molecule has 6 heteroatoms. The number of carbonyl (C=O) groups excluding carboxylic acids is 2. The molecule has 1 aliphatic carbocycles. The summed E-state index contributed by atoms with van der Waals surface area (Å²) < 4.78 is 15.8. The molecule has 6 nitrogen and oxygen atoms in total. The summed E-state index contributed by atoms with van der Waals surface area (Å²) in [6, 6.07) is 7.54. The number of carbonyl (C=O) groups is 2. The third kappa shape index (κ3) is 7.12. The van der Waals surface area contributed by atoms with Crippen molar-refractivity contribution in [3.05, 3.63) is 24.3 Å². The lowest BCUT2D eigenvalue weighted by Gasteiger charge is -2.33. The zero-order valence-corrected chi connectivity index (χ0v) is 16.6. The Labute approximate surface area is 161 Å². The van der Waals surface area contributed by atoms with Gasteiger partial charge in [0.2, 0.25) is 0 Å². The van der Waals surface area contributed by atoms with E-state index in [4.69, 9.17) is 14.2 Å². The second kappa shape index (κ2) is 10.8. The van der Waals surface area contributed by atoms with Crippen molar-refractivity contribution in [3.63, 3.8) is 0 Å². The molecule has 1 saturated carbocycles. The summed E-state index contributed by atoms with van der Waals surface area (Å²) in [5.41, 5.74) is 0. The second-order valence-electron chi connectivity index (χ2n) is 7.21. The Morgan fingerprint density at radius 3 is 2.33 bits per heavy atom. The smallest absolute Gasteiger partial charge is 0.306 e. The molecule has 1 aromatic carbocycles. The van der Waals surface area contributed by atoms with Gasteiger partial charge in [-0.05, 0) is 62.3 Å². The van der Waals surface area contributed by atoms with E-state index in [-0.39, 0.29) is 30.9 Å². The maximum Gasteiger partial charge on any atom is 0.306 e. The maximum atomic E-state index is 12.2. The Morgan fingerprint density at radius 2 is 1.70 bits per heavy atom. The summed E-state index contributed by atoms with van der Waals surface area (Å²) in [5, 5.41) is 0. The maximum absolute atomic E-state index is 12.2. The fraction of sp³-hybridized carbons (Fsp3) is 0.619. The van der Waals surface area contributed by atoms with Crippen LogP contribution in [0, 0.1) is 5.92 Å². The topological polar surface area (TPSA) is 65.1 Å². The van der Waals surface area contributed by atoms with Crippen molar-refractivity contribution in [1.82, 2.24) is 4.90 Å². The van der Waals surface area contributed by atoms with Crippen molar-refractivity contribution < 1.29 is 23.8 Å². The molecule has 0 heterocycles. The molecule has 1 aliphatic rings. The molecule has 0 unspecified atom stereocenters. The van der Waals surface area contributed by atoms with Gasteiger partial charge < -0.3 is 19.1 Å². The number of rotatable bonds is 9. The van der Waals surface area contributed by atoms with Gasteiger partial charge in [0, 0.05) is 19.5 Å². The number of likely N-dealkylation sites (N-methyl/N-ethyl adjacent to an activating group) is 1. The van der Waals surface area contributed by atoms with E-state index >= 15 is 0 Å². The van der Waals surface area contributed by atoms with Crippen LogP contribution in [0.2, 0.25) is 0 Å². The molecule has 27 heavy (non-hydrogen) atoms. The predicted molar refractivity (Wildman–Crippen MR) is 103 cm³/mol. The van der Waals surface area contributed by atoms with E-state index in [1.807, 2.05) is 24.3 Å². The van der Waals surface area contributed by atoms with Crippen LogP contribution in [0.5, 0.6) is 11.5 Å². The fourth-order valence-corrected chi connectivity index (χ4v) is 3.23. The number of esters is 1. The largest absolute Gasteiger partial charge is 0.497 e. The van der Waals surface area contributed by atoms with Crippen LogP contribution >= 0.6 is 0 Å². The first-order chi connectivity index (χ1) is 13.0. The van der Waals surface area contributed by atoms with Gasteiger partial charge in [-0.2, -0.15) is 0 Å². The SMILES string of the molecule is COc1ccc(OCCCC(=O)OCC(=O)N(C)C2CCC(C)CC2)cc1. The van der Waals surface area contributed by atoms with E-state index in [0.717, 1.165) is 43.1 Å². The monoisotopic (exact) mass is 377 g/mol. The van der Waals surface area contributed by atoms with Gasteiger partial charge in [0.25, 0.3) is 5.91 Å². The van der Waals surface area contributed by atoms with Crippen LogP contribution in [0.15, 0.2) is 24.3 Å². The number of amides is 1. The van der Waals surface area contributed by atoms with Crippen molar-refractivity contribution in [2.75, 3.05) is 27.4 Å². The van der Waals surface area contributed by atoms with Crippen LogP contribution in [0.25, 0.3) is 0 Å². The molecule has 0 aromatic heterocycles. The van der Waals surface area contributed by atoms with Crippen LogP contribution in [0.1, 0.15) is 45.4 Å². The molecule has 0 spiro atoms. The Balaban J connectivity index is 1.59. The first kappa shape index (κ1) is 21.1. The number of ether oxygens (including phenoxy) is 3. The minimum atomic E-state index is -0.368. The van der Waals surface area contributed by atoms with Crippen molar-refractivity contribution >= 4 is 11.9 Å². The van der Waals surface area contributed by atoms with Gasteiger partial charge in [0.1, 0.15) is 11.5 Å². The van der Waals surface area contributed by atoms with Crippen LogP contribution < -0.4 is 9.47 Å². The second-order valence-corrected chi connectivity index (χ2v) is 7.21. The molecule has 2 rings (SSSR count). The van der Waals surface area contributed by atoms with Gasteiger partial charge in [0.05, 0.1) is 13.7 Å². The summed E-state index contributed by atoms with van der Waals surface area (Å²) in [6.07, 6.45) is 5.12. The molecule has 0 N–H and O–H groups in total. The molecular formula is C21H31NO5. The minimum Gasteiger partial charge on any atom is -0.497 e. The van der Waals surface area contributed by atoms with E-state index < -0.39 is 0 Å². The summed E-state index contributed by atoms with van der Waals surface area (Å²) in [7, 11) is 3.42. The summed E-state index contributed by atoms with van der Waals surface area (Å²) in [5.74, 6) is 1.73. The van der Waals surface area contributed by atoms with Crippen molar-refractivity contribution in [2.24, 2.45) is 5.92 Å². The fourth-order valence-electron chi connectivity index (χ4n) is 3.23. The highest BCUT2D eigenvalue weighted by atomic mass is 16.5. The minimum absolute atomic E-state index is 0.127. The van der Waals surface area contributed by atoms with E-state index in [0.29, 0.717) is 13.0 Å². The molecular weight excluding hydrogens is 346 g/mol. The third-order valence-electron chi connectivity index (χ3n) is 5.14. The molecule has 0 saturated heterocycles.